The predicted octanol–water partition coefficient (Wildman–Crippen LogP) is 4.38. The lowest BCUT2D eigenvalue weighted by molar-refractivity contribution is -0.123. The van der Waals surface area contributed by atoms with Gasteiger partial charge in [0.2, 0.25) is 5.91 Å². The molecule has 1 saturated heterocycles. The van der Waals surface area contributed by atoms with E-state index in [1.807, 2.05) is 29.2 Å². The van der Waals surface area contributed by atoms with Crippen molar-refractivity contribution in [2.24, 2.45) is 11.8 Å². The molecule has 0 aromatic heterocycles. The Bertz CT molecular complexity index is 618. The van der Waals surface area contributed by atoms with Gasteiger partial charge < -0.3 is 15.5 Å². The van der Waals surface area contributed by atoms with Crippen LogP contribution in [0.3, 0.4) is 0 Å². The maximum Gasteiger partial charge on any atom is 0.317 e. The van der Waals surface area contributed by atoms with Gasteiger partial charge in [0.25, 0.3) is 0 Å². The van der Waals surface area contributed by atoms with E-state index in [2.05, 4.69) is 31.4 Å². The van der Waals surface area contributed by atoms with Crippen molar-refractivity contribution >= 4 is 23.5 Å². The van der Waals surface area contributed by atoms with Gasteiger partial charge in [-0.15, -0.1) is 0 Å². The van der Waals surface area contributed by atoms with E-state index in [0.717, 1.165) is 31.4 Å². The minimum absolute atomic E-state index is 0.0104. The Labute approximate surface area is 167 Å². The molecule has 0 bridgehead atoms. The summed E-state index contributed by atoms with van der Waals surface area (Å²) >= 11 is 5.95. The van der Waals surface area contributed by atoms with E-state index >= 15 is 0 Å². The molecule has 0 spiro atoms. The van der Waals surface area contributed by atoms with Gasteiger partial charge in [0.1, 0.15) is 0 Å². The summed E-state index contributed by atoms with van der Waals surface area (Å²) in [5.74, 6) is 0.691. The van der Waals surface area contributed by atoms with Crippen LogP contribution in [-0.2, 0) is 4.79 Å². The SMILES string of the molecule is CCC(NC(=O)CC1CCCN(C(=O)NCC(C)C)C1)c1ccc(Cl)cc1. The molecule has 1 heterocycles. The maximum atomic E-state index is 12.6. The van der Waals surface area contributed by atoms with Crippen LogP contribution in [0.2, 0.25) is 5.02 Å². The van der Waals surface area contributed by atoms with Crippen molar-refractivity contribution in [2.45, 2.75) is 52.5 Å². The normalized spacial score (nSPS) is 18.3. The van der Waals surface area contributed by atoms with Crippen molar-refractivity contribution < 1.29 is 9.59 Å². The first-order valence-corrected chi connectivity index (χ1v) is 10.3. The molecule has 0 saturated carbocycles. The average Bonchev–Trinajstić information content (AvgIpc) is 2.65. The van der Waals surface area contributed by atoms with Gasteiger partial charge in [-0.2, -0.15) is 0 Å². The van der Waals surface area contributed by atoms with E-state index < -0.39 is 0 Å². The topological polar surface area (TPSA) is 61.4 Å². The Hall–Kier alpha value is -1.75. The van der Waals surface area contributed by atoms with Crippen LogP contribution < -0.4 is 10.6 Å². The standard InChI is InChI=1S/C21H32ClN3O2/c1-4-19(17-7-9-18(22)10-8-17)24-20(26)12-16-6-5-11-25(14-16)21(27)23-13-15(2)3/h7-10,15-16,19H,4-6,11-14H2,1-3H3,(H,23,27)(H,24,26). The highest BCUT2D eigenvalue weighted by atomic mass is 35.5. The number of amides is 3. The molecule has 0 aliphatic carbocycles. The first kappa shape index (κ1) is 21.5. The number of rotatable bonds is 7. The predicted molar refractivity (Wildman–Crippen MR) is 110 cm³/mol. The lowest BCUT2D eigenvalue weighted by atomic mass is 9.94. The Balaban J connectivity index is 1.85. The molecule has 3 amide bonds. The van der Waals surface area contributed by atoms with Crippen LogP contribution in [0, 0.1) is 11.8 Å². The van der Waals surface area contributed by atoms with Crippen LogP contribution >= 0.6 is 11.6 Å². The summed E-state index contributed by atoms with van der Waals surface area (Å²) < 4.78 is 0. The van der Waals surface area contributed by atoms with Crippen molar-refractivity contribution in [3.63, 3.8) is 0 Å². The molecule has 1 aliphatic rings. The number of piperidine rings is 1. The second kappa shape index (κ2) is 10.5. The molecular formula is C21H32ClN3O2. The lowest BCUT2D eigenvalue weighted by Gasteiger charge is -2.33. The van der Waals surface area contributed by atoms with Crippen molar-refractivity contribution in [1.82, 2.24) is 15.5 Å². The van der Waals surface area contributed by atoms with Gasteiger partial charge in [0.05, 0.1) is 6.04 Å². The third-order valence-corrected chi connectivity index (χ3v) is 5.21. The number of halogens is 1. The number of carbonyl (C=O) groups excluding carboxylic acids is 2. The molecule has 0 radical (unpaired) electrons. The second-order valence-electron chi connectivity index (χ2n) is 7.82. The number of urea groups is 1. The fourth-order valence-electron chi connectivity index (χ4n) is 3.45. The summed E-state index contributed by atoms with van der Waals surface area (Å²) in [5.41, 5.74) is 1.06. The van der Waals surface area contributed by atoms with E-state index in [9.17, 15) is 9.59 Å². The van der Waals surface area contributed by atoms with Gasteiger partial charge in [-0.3, -0.25) is 4.79 Å². The highest BCUT2D eigenvalue weighted by molar-refractivity contribution is 6.30. The molecule has 1 aromatic rings. The summed E-state index contributed by atoms with van der Waals surface area (Å²) in [5, 5.41) is 6.79. The van der Waals surface area contributed by atoms with E-state index in [-0.39, 0.29) is 23.9 Å². The second-order valence-corrected chi connectivity index (χ2v) is 8.25. The van der Waals surface area contributed by atoms with Gasteiger partial charge in [0, 0.05) is 31.1 Å². The number of likely N-dealkylation sites (tertiary alicyclic amines) is 1. The summed E-state index contributed by atoms with van der Waals surface area (Å²) in [4.78, 5) is 26.7. The minimum Gasteiger partial charge on any atom is -0.349 e. The van der Waals surface area contributed by atoms with Gasteiger partial charge >= 0.3 is 6.03 Å². The molecule has 2 rings (SSSR count). The van der Waals surface area contributed by atoms with Crippen LogP contribution in [0.25, 0.3) is 0 Å². The van der Waals surface area contributed by atoms with E-state index in [4.69, 9.17) is 11.6 Å². The molecule has 1 aromatic carbocycles. The Kier molecular flexibility index (Phi) is 8.42. The van der Waals surface area contributed by atoms with Crippen molar-refractivity contribution in [1.29, 1.82) is 0 Å². The number of benzene rings is 1. The molecular weight excluding hydrogens is 362 g/mol. The first-order valence-electron chi connectivity index (χ1n) is 9.96. The van der Waals surface area contributed by atoms with Gasteiger partial charge in [-0.25, -0.2) is 4.79 Å². The van der Waals surface area contributed by atoms with Crippen LogP contribution in [0.4, 0.5) is 4.79 Å². The van der Waals surface area contributed by atoms with E-state index in [0.29, 0.717) is 30.5 Å². The largest absolute Gasteiger partial charge is 0.349 e. The van der Waals surface area contributed by atoms with Crippen LogP contribution in [0.5, 0.6) is 0 Å². The first-order chi connectivity index (χ1) is 12.9. The molecule has 2 N–H and O–H groups in total. The summed E-state index contributed by atoms with van der Waals surface area (Å²) in [6.45, 7) is 8.31. The van der Waals surface area contributed by atoms with Crippen LogP contribution in [0.15, 0.2) is 24.3 Å². The molecule has 1 aliphatic heterocycles. The van der Waals surface area contributed by atoms with Gasteiger partial charge in [0.15, 0.2) is 0 Å². The van der Waals surface area contributed by atoms with Gasteiger partial charge in [-0.1, -0.05) is 44.5 Å². The number of carbonyl (C=O) groups is 2. The average molecular weight is 394 g/mol. The number of nitrogens with zero attached hydrogens (tertiary/aromatic N) is 1. The van der Waals surface area contributed by atoms with Crippen molar-refractivity contribution in [3.8, 4) is 0 Å². The smallest absolute Gasteiger partial charge is 0.317 e. The lowest BCUT2D eigenvalue weighted by Crippen LogP contribution is -2.47. The molecule has 2 unspecified atom stereocenters. The minimum atomic E-state index is -0.0126. The molecule has 150 valence electrons. The highest BCUT2D eigenvalue weighted by Gasteiger charge is 2.26. The molecule has 6 heteroatoms. The Morgan fingerprint density at radius 2 is 1.96 bits per heavy atom. The van der Waals surface area contributed by atoms with Gasteiger partial charge in [-0.05, 0) is 48.8 Å². The maximum absolute atomic E-state index is 12.6. The monoisotopic (exact) mass is 393 g/mol. The Morgan fingerprint density at radius 1 is 1.26 bits per heavy atom. The van der Waals surface area contributed by atoms with Crippen LogP contribution in [0.1, 0.15) is 58.1 Å². The zero-order valence-corrected chi connectivity index (χ0v) is 17.4. The molecule has 5 nitrogen and oxygen atoms in total. The molecule has 27 heavy (non-hydrogen) atoms. The number of nitrogens with one attached hydrogen (secondary N) is 2. The highest BCUT2D eigenvalue weighted by Crippen LogP contribution is 2.22. The fourth-order valence-corrected chi connectivity index (χ4v) is 3.58. The Morgan fingerprint density at radius 3 is 2.59 bits per heavy atom. The van der Waals surface area contributed by atoms with E-state index in [1.165, 1.54) is 0 Å². The van der Waals surface area contributed by atoms with Crippen LogP contribution in [-0.4, -0.2) is 36.5 Å². The zero-order chi connectivity index (χ0) is 19.8. The third-order valence-electron chi connectivity index (χ3n) is 4.96. The fraction of sp³-hybridized carbons (Fsp3) is 0.619. The quantitative estimate of drug-likeness (QED) is 0.722. The number of hydrogen-bond donors (Lipinski definition) is 2. The third kappa shape index (κ3) is 7.06. The molecule has 2 atom stereocenters. The van der Waals surface area contributed by atoms with Crippen molar-refractivity contribution in [3.05, 3.63) is 34.9 Å². The molecule has 1 fully saturated rings. The van der Waals surface area contributed by atoms with Crippen molar-refractivity contribution in [2.75, 3.05) is 19.6 Å². The number of hydrogen-bond acceptors (Lipinski definition) is 2. The zero-order valence-electron chi connectivity index (χ0n) is 16.6. The summed E-state index contributed by atoms with van der Waals surface area (Å²) in [6, 6.07) is 7.59. The summed E-state index contributed by atoms with van der Waals surface area (Å²) in [6.07, 6.45) is 3.21. The van der Waals surface area contributed by atoms with E-state index in [1.54, 1.807) is 0 Å². The summed E-state index contributed by atoms with van der Waals surface area (Å²) in [7, 11) is 0.